The summed E-state index contributed by atoms with van der Waals surface area (Å²) in [5.41, 5.74) is 0.780. The second kappa shape index (κ2) is 2.75. The molecule has 2 rings (SSSR count). The standard InChI is InChI=1S/C7H5BrN2O2/c1-4-9-10-7(12-4)5-2-6(8)11-3-5/h2-3H,1H3. The molecule has 0 atom stereocenters. The van der Waals surface area contributed by atoms with Gasteiger partial charge in [0.05, 0.1) is 5.56 Å². The lowest BCUT2D eigenvalue weighted by Gasteiger charge is -1.81. The Labute approximate surface area is 76.7 Å². The summed E-state index contributed by atoms with van der Waals surface area (Å²) < 4.78 is 10.8. The van der Waals surface area contributed by atoms with E-state index in [1.807, 2.05) is 0 Å². The summed E-state index contributed by atoms with van der Waals surface area (Å²) in [6.07, 6.45) is 1.55. The Hall–Kier alpha value is -1.10. The predicted molar refractivity (Wildman–Crippen MR) is 44.4 cm³/mol. The average molecular weight is 229 g/mol. The van der Waals surface area contributed by atoms with Crippen molar-refractivity contribution in [2.45, 2.75) is 6.92 Å². The van der Waals surface area contributed by atoms with Crippen LogP contribution in [0.15, 0.2) is 25.8 Å². The zero-order chi connectivity index (χ0) is 8.55. The fourth-order valence-electron chi connectivity index (χ4n) is 0.835. The smallest absolute Gasteiger partial charge is 0.250 e. The van der Waals surface area contributed by atoms with Gasteiger partial charge in [-0.2, -0.15) is 0 Å². The van der Waals surface area contributed by atoms with E-state index in [-0.39, 0.29) is 0 Å². The van der Waals surface area contributed by atoms with E-state index in [9.17, 15) is 0 Å². The minimum Gasteiger partial charge on any atom is -0.457 e. The second-order valence-corrected chi connectivity index (χ2v) is 3.05. The summed E-state index contributed by atoms with van der Waals surface area (Å²) in [7, 11) is 0. The lowest BCUT2D eigenvalue weighted by atomic mass is 10.3. The highest BCUT2D eigenvalue weighted by Gasteiger charge is 2.08. The molecule has 0 aliphatic heterocycles. The topological polar surface area (TPSA) is 52.1 Å². The van der Waals surface area contributed by atoms with E-state index >= 15 is 0 Å². The Morgan fingerprint density at radius 3 is 2.75 bits per heavy atom. The van der Waals surface area contributed by atoms with E-state index in [4.69, 9.17) is 8.83 Å². The summed E-state index contributed by atoms with van der Waals surface area (Å²) in [4.78, 5) is 0. The molecule has 2 heterocycles. The van der Waals surface area contributed by atoms with E-state index in [2.05, 4.69) is 26.1 Å². The van der Waals surface area contributed by atoms with Crippen LogP contribution in [0.2, 0.25) is 0 Å². The van der Waals surface area contributed by atoms with E-state index in [0.29, 0.717) is 16.5 Å². The molecule has 0 radical (unpaired) electrons. The van der Waals surface area contributed by atoms with Gasteiger partial charge in [0, 0.05) is 13.0 Å². The molecule has 4 nitrogen and oxygen atoms in total. The summed E-state index contributed by atoms with van der Waals surface area (Å²) in [6.45, 7) is 1.74. The number of nitrogens with zero attached hydrogens (tertiary/aromatic N) is 2. The van der Waals surface area contributed by atoms with Crippen molar-refractivity contribution in [1.29, 1.82) is 0 Å². The van der Waals surface area contributed by atoms with Gasteiger partial charge in [-0.25, -0.2) is 0 Å². The number of aromatic nitrogens is 2. The number of aryl methyl sites for hydroxylation is 1. The maximum absolute atomic E-state index is 5.18. The van der Waals surface area contributed by atoms with Crippen LogP contribution in [0.5, 0.6) is 0 Å². The van der Waals surface area contributed by atoms with Gasteiger partial charge in [0.1, 0.15) is 6.26 Å². The fraction of sp³-hybridized carbons (Fsp3) is 0.143. The van der Waals surface area contributed by atoms with Crippen LogP contribution >= 0.6 is 15.9 Å². The van der Waals surface area contributed by atoms with Crippen molar-refractivity contribution in [2.75, 3.05) is 0 Å². The third-order valence-electron chi connectivity index (χ3n) is 1.34. The fourth-order valence-corrected chi connectivity index (χ4v) is 1.18. The number of hydrogen-bond donors (Lipinski definition) is 0. The highest BCUT2D eigenvalue weighted by Crippen LogP contribution is 2.23. The largest absolute Gasteiger partial charge is 0.457 e. The molecule has 2 aromatic heterocycles. The lowest BCUT2D eigenvalue weighted by Crippen LogP contribution is -1.71. The molecule has 0 saturated carbocycles. The third kappa shape index (κ3) is 1.27. The summed E-state index contributed by atoms with van der Waals surface area (Å²) in [5, 5.41) is 7.53. The molecular formula is C7H5BrN2O2. The van der Waals surface area contributed by atoms with Gasteiger partial charge < -0.3 is 8.83 Å². The normalized spacial score (nSPS) is 10.5. The van der Waals surface area contributed by atoms with Crippen LogP contribution in [-0.2, 0) is 0 Å². The molecule has 0 N–H and O–H groups in total. The van der Waals surface area contributed by atoms with E-state index < -0.39 is 0 Å². The molecule has 2 aromatic rings. The van der Waals surface area contributed by atoms with Crippen molar-refractivity contribution >= 4 is 15.9 Å². The van der Waals surface area contributed by atoms with Crippen molar-refractivity contribution in [3.8, 4) is 11.5 Å². The lowest BCUT2D eigenvalue weighted by molar-refractivity contribution is 0.525. The third-order valence-corrected chi connectivity index (χ3v) is 1.76. The van der Waals surface area contributed by atoms with Crippen molar-refractivity contribution in [1.82, 2.24) is 10.2 Å². The minimum atomic E-state index is 0.474. The summed E-state index contributed by atoms with van der Waals surface area (Å²) in [5.74, 6) is 1.02. The van der Waals surface area contributed by atoms with Crippen molar-refractivity contribution < 1.29 is 8.83 Å². The first-order valence-corrected chi connectivity index (χ1v) is 4.09. The van der Waals surface area contributed by atoms with Gasteiger partial charge in [0.2, 0.25) is 5.89 Å². The first-order chi connectivity index (χ1) is 5.75. The Balaban J connectivity index is 2.43. The van der Waals surface area contributed by atoms with Crippen LogP contribution in [0.25, 0.3) is 11.5 Å². The molecule has 0 unspecified atom stereocenters. The zero-order valence-corrected chi connectivity index (χ0v) is 7.83. The molecular weight excluding hydrogens is 224 g/mol. The quantitative estimate of drug-likeness (QED) is 0.753. The minimum absolute atomic E-state index is 0.474. The van der Waals surface area contributed by atoms with Gasteiger partial charge in [-0.05, 0) is 15.9 Å². The zero-order valence-electron chi connectivity index (χ0n) is 6.24. The molecule has 0 aromatic carbocycles. The monoisotopic (exact) mass is 228 g/mol. The van der Waals surface area contributed by atoms with Crippen LogP contribution in [0.1, 0.15) is 5.89 Å². The van der Waals surface area contributed by atoms with Gasteiger partial charge in [-0.15, -0.1) is 10.2 Å². The molecule has 0 aliphatic rings. The number of halogens is 1. The maximum atomic E-state index is 5.18. The molecule has 0 bridgehead atoms. The number of hydrogen-bond acceptors (Lipinski definition) is 4. The predicted octanol–water partition coefficient (Wildman–Crippen LogP) is 2.40. The molecule has 5 heteroatoms. The second-order valence-electron chi connectivity index (χ2n) is 2.27. The molecule has 0 saturated heterocycles. The number of furan rings is 1. The SMILES string of the molecule is Cc1nnc(-c2coc(Br)c2)o1. The van der Waals surface area contributed by atoms with Crippen LogP contribution in [0.3, 0.4) is 0 Å². The van der Waals surface area contributed by atoms with Gasteiger partial charge in [0.25, 0.3) is 5.89 Å². The molecule has 0 aliphatic carbocycles. The number of rotatable bonds is 1. The van der Waals surface area contributed by atoms with Gasteiger partial charge >= 0.3 is 0 Å². The van der Waals surface area contributed by atoms with Gasteiger partial charge in [-0.3, -0.25) is 0 Å². The van der Waals surface area contributed by atoms with E-state index in [0.717, 1.165) is 5.56 Å². The Kier molecular flexibility index (Phi) is 1.73. The first-order valence-electron chi connectivity index (χ1n) is 3.30. The average Bonchev–Trinajstić information content (AvgIpc) is 2.58. The Bertz CT molecular complexity index is 355. The van der Waals surface area contributed by atoms with Crippen LogP contribution in [0, 0.1) is 6.92 Å². The molecule has 0 amide bonds. The van der Waals surface area contributed by atoms with Crippen LogP contribution in [-0.4, -0.2) is 10.2 Å². The Morgan fingerprint density at radius 1 is 1.42 bits per heavy atom. The van der Waals surface area contributed by atoms with E-state index in [1.165, 1.54) is 0 Å². The molecule has 62 valence electrons. The van der Waals surface area contributed by atoms with E-state index in [1.54, 1.807) is 19.3 Å². The summed E-state index contributed by atoms with van der Waals surface area (Å²) in [6, 6.07) is 1.77. The first kappa shape index (κ1) is 7.54. The molecule has 12 heavy (non-hydrogen) atoms. The van der Waals surface area contributed by atoms with Crippen molar-refractivity contribution in [3.05, 3.63) is 22.9 Å². The highest BCUT2D eigenvalue weighted by molar-refractivity contribution is 9.10. The molecule has 0 fully saturated rings. The highest BCUT2D eigenvalue weighted by atomic mass is 79.9. The van der Waals surface area contributed by atoms with Crippen LogP contribution < -0.4 is 0 Å². The van der Waals surface area contributed by atoms with Gasteiger partial charge in [0.15, 0.2) is 4.67 Å². The Morgan fingerprint density at radius 2 is 2.25 bits per heavy atom. The van der Waals surface area contributed by atoms with Crippen LogP contribution in [0.4, 0.5) is 0 Å². The van der Waals surface area contributed by atoms with Gasteiger partial charge in [-0.1, -0.05) is 0 Å². The molecule has 0 spiro atoms. The van der Waals surface area contributed by atoms with Crippen molar-refractivity contribution in [3.63, 3.8) is 0 Å². The summed E-state index contributed by atoms with van der Waals surface area (Å²) >= 11 is 3.18. The maximum Gasteiger partial charge on any atom is 0.250 e. The van der Waals surface area contributed by atoms with Crippen molar-refractivity contribution in [2.24, 2.45) is 0 Å².